The number of aromatic nitrogens is 2. The molecule has 202 valence electrons. The summed E-state index contributed by atoms with van der Waals surface area (Å²) in [7, 11) is 3.01. The predicted octanol–water partition coefficient (Wildman–Crippen LogP) is 6.54. The van der Waals surface area contributed by atoms with Crippen LogP contribution in [0.2, 0.25) is 0 Å². The van der Waals surface area contributed by atoms with E-state index in [-0.39, 0.29) is 11.5 Å². The Hall–Kier alpha value is -5.86. The molecule has 8 heteroatoms. The average Bonchev–Trinajstić information content (AvgIpc) is 3.04. The zero-order valence-corrected chi connectivity index (χ0v) is 22.5. The highest BCUT2D eigenvalue weighted by molar-refractivity contribution is 5.74. The maximum absolute atomic E-state index is 9.72. The Morgan fingerprint density at radius 2 is 1.24 bits per heavy atom. The minimum absolute atomic E-state index is 0.00496. The second-order valence-electron chi connectivity index (χ2n) is 8.60. The lowest BCUT2D eigenvalue weighted by Gasteiger charge is -2.14. The van der Waals surface area contributed by atoms with Crippen LogP contribution in [0.15, 0.2) is 104 Å². The summed E-state index contributed by atoms with van der Waals surface area (Å²) in [5, 5.41) is 28.2. The molecule has 5 rings (SSSR count). The van der Waals surface area contributed by atoms with Gasteiger partial charge in [-0.25, -0.2) is 0 Å². The maximum atomic E-state index is 9.72. The summed E-state index contributed by atoms with van der Waals surface area (Å²) < 4.78 is 16.3. The van der Waals surface area contributed by atoms with Gasteiger partial charge in [-0.1, -0.05) is 42.5 Å². The van der Waals surface area contributed by atoms with E-state index in [2.05, 4.69) is 22.1 Å². The van der Waals surface area contributed by atoms with Gasteiger partial charge in [-0.15, -0.1) is 0 Å². The van der Waals surface area contributed by atoms with Crippen LogP contribution in [0.25, 0.3) is 22.3 Å². The fraction of sp³-hybridized carbons (Fsp3) is 0.0909. The number of phenolic OH excluding ortho intramolecular Hbond substituents is 1. The molecule has 0 unspecified atom stereocenters. The molecule has 0 amide bonds. The van der Waals surface area contributed by atoms with E-state index < -0.39 is 0 Å². The quantitative estimate of drug-likeness (QED) is 0.246. The Morgan fingerprint density at radius 1 is 0.683 bits per heavy atom. The molecule has 3 aromatic carbocycles. The van der Waals surface area contributed by atoms with Crippen molar-refractivity contribution in [3.63, 3.8) is 0 Å². The monoisotopic (exact) mass is 542 g/mol. The summed E-state index contributed by atoms with van der Waals surface area (Å²) in [4.78, 5) is 8.11. The zero-order valence-electron chi connectivity index (χ0n) is 22.5. The van der Waals surface area contributed by atoms with Gasteiger partial charge in [0.2, 0.25) is 0 Å². The number of hydrogen-bond donors (Lipinski definition) is 1. The number of nitriles is 2. The number of ether oxygens (including phenoxy) is 3. The molecule has 0 radical (unpaired) electrons. The lowest BCUT2D eigenvalue weighted by Crippen LogP contribution is -1.99. The lowest BCUT2D eigenvalue weighted by molar-refractivity contribution is 0.284. The van der Waals surface area contributed by atoms with Crippen molar-refractivity contribution in [3.05, 3.63) is 120 Å². The SMILES string of the molecule is COc1cc(C#N)c(-c2cccnc2)cc1O.COc1cc(C#N)c(-c2cccnc2)cc1OCc1ccccc1. The number of aromatic hydroxyl groups is 1. The first-order chi connectivity index (χ1) is 20.1. The van der Waals surface area contributed by atoms with Crippen molar-refractivity contribution in [2.45, 2.75) is 6.61 Å². The molecule has 0 bridgehead atoms. The molecular weight excluding hydrogens is 516 g/mol. The molecule has 2 heterocycles. The molecule has 0 aliphatic carbocycles. The maximum Gasteiger partial charge on any atom is 0.162 e. The van der Waals surface area contributed by atoms with Crippen LogP contribution in [0.3, 0.4) is 0 Å². The Kier molecular flexibility index (Phi) is 9.47. The van der Waals surface area contributed by atoms with E-state index >= 15 is 0 Å². The summed E-state index contributed by atoms with van der Waals surface area (Å²) in [5.41, 5.74) is 5.07. The van der Waals surface area contributed by atoms with Crippen LogP contribution >= 0.6 is 0 Å². The molecule has 5 aromatic rings. The normalized spacial score (nSPS) is 9.85. The standard InChI is InChI=1S/C20H16N2O2.C13H10N2O2/c1-23-19-10-17(12-21)18(16-8-5-9-22-13-16)11-20(19)24-14-15-6-3-2-4-7-15;1-17-13-5-10(7-14)11(6-12(13)16)9-3-2-4-15-8-9/h2-11,13H,14H2,1H3;2-6,8,16H,1H3. The van der Waals surface area contributed by atoms with E-state index in [1.807, 2.05) is 54.6 Å². The minimum Gasteiger partial charge on any atom is -0.504 e. The van der Waals surface area contributed by atoms with Crippen LogP contribution in [0.4, 0.5) is 0 Å². The van der Waals surface area contributed by atoms with Crippen molar-refractivity contribution >= 4 is 0 Å². The third-order valence-corrected chi connectivity index (χ3v) is 6.05. The molecule has 0 aliphatic rings. The van der Waals surface area contributed by atoms with Gasteiger partial charge in [-0.3, -0.25) is 9.97 Å². The van der Waals surface area contributed by atoms with Crippen molar-refractivity contribution in [1.82, 2.24) is 9.97 Å². The number of benzene rings is 3. The third-order valence-electron chi connectivity index (χ3n) is 6.05. The summed E-state index contributed by atoms with van der Waals surface area (Å²) >= 11 is 0. The van der Waals surface area contributed by atoms with Crippen LogP contribution < -0.4 is 14.2 Å². The number of nitrogens with zero attached hydrogens (tertiary/aromatic N) is 4. The average molecular weight is 543 g/mol. The first kappa shape index (κ1) is 28.2. The lowest BCUT2D eigenvalue weighted by atomic mass is 10.0. The van der Waals surface area contributed by atoms with Crippen molar-refractivity contribution < 1.29 is 19.3 Å². The largest absolute Gasteiger partial charge is 0.504 e. The van der Waals surface area contributed by atoms with Crippen molar-refractivity contribution in [1.29, 1.82) is 10.5 Å². The van der Waals surface area contributed by atoms with E-state index in [1.54, 1.807) is 44.0 Å². The molecule has 0 fully saturated rings. The minimum atomic E-state index is 0.00496. The number of hydrogen-bond acceptors (Lipinski definition) is 8. The van der Waals surface area contributed by atoms with Crippen LogP contribution in [0.1, 0.15) is 16.7 Å². The van der Waals surface area contributed by atoms with Gasteiger partial charge in [0, 0.05) is 59.2 Å². The number of rotatable bonds is 7. The van der Waals surface area contributed by atoms with E-state index in [4.69, 9.17) is 19.5 Å². The molecule has 0 atom stereocenters. The molecule has 0 spiro atoms. The molecule has 1 N–H and O–H groups in total. The van der Waals surface area contributed by atoms with Gasteiger partial charge >= 0.3 is 0 Å². The summed E-state index contributed by atoms with van der Waals surface area (Å²) in [6.45, 7) is 0.426. The number of methoxy groups -OCH3 is 2. The van der Waals surface area contributed by atoms with E-state index in [0.717, 1.165) is 22.3 Å². The van der Waals surface area contributed by atoms with Gasteiger partial charge in [-0.05, 0) is 29.8 Å². The van der Waals surface area contributed by atoms with E-state index in [0.29, 0.717) is 34.8 Å². The molecule has 8 nitrogen and oxygen atoms in total. The Labute approximate surface area is 238 Å². The van der Waals surface area contributed by atoms with Crippen LogP contribution in [-0.2, 0) is 6.61 Å². The van der Waals surface area contributed by atoms with Gasteiger partial charge in [0.25, 0.3) is 0 Å². The first-order valence-electron chi connectivity index (χ1n) is 12.5. The molecular formula is C33H26N4O4. The van der Waals surface area contributed by atoms with Gasteiger partial charge < -0.3 is 19.3 Å². The second-order valence-corrected chi connectivity index (χ2v) is 8.60. The van der Waals surface area contributed by atoms with Crippen LogP contribution in [-0.4, -0.2) is 29.3 Å². The number of pyridine rings is 2. The number of phenols is 1. The highest BCUT2D eigenvalue weighted by atomic mass is 16.5. The predicted molar refractivity (Wildman–Crippen MR) is 154 cm³/mol. The molecule has 0 saturated heterocycles. The molecule has 0 aliphatic heterocycles. The van der Waals surface area contributed by atoms with Crippen molar-refractivity contribution in [2.75, 3.05) is 14.2 Å². The van der Waals surface area contributed by atoms with Crippen molar-refractivity contribution in [3.8, 4) is 57.4 Å². The summed E-state index contributed by atoms with van der Waals surface area (Å²) in [6, 6.07) is 28.1. The molecule has 2 aromatic heterocycles. The second kappa shape index (κ2) is 13.8. The Morgan fingerprint density at radius 3 is 1.76 bits per heavy atom. The molecule has 41 heavy (non-hydrogen) atoms. The van der Waals surface area contributed by atoms with Gasteiger partial charge in [0.05, 0.1) is 37.5 Å². The smallest absolute Gasteiger partial charge is 0.162 e. The van der Waals surface area contributed by atoms with Crippen molar-refractivity contribution in [2.24, 2.45) is 0 Å². The first-order valence-corrected chi connectivity index (χ1v) is 12.5. The van der Waals surface area contributed by atoms with Gasteiger partial charge in [0.15, 0.2) is 23.0 Å². The van der Waals surface area contributed by atoms with E-state index in [1.165, 1.54) is 19.2 Å². The Balaban J connectivity index is 0.000000201. The topological polar surface area (TPSA) is 121 Å². The Bertz CT molecular complexity index is 1680. The van der Waals surface area contributed by atoms with Gasteiger partial charge in [-0.2, -0.15) is 10.5 Å². The summed E-state index contributed by atoms with van der Waals surface area (Å²) in [6.07, 6.45) is 6.72. The highest BCUT2D eigenvalue weighted by Gasteiger charge is 2.14. The fourth-order valence-corrected chi connectivity index (χ4v) is 4.01. The summed E-state index contributed by atoms with van der Waals surface area (Å²) in [5.74, 6) is 1.42. The molecule has 0 saturated carbocycles. The van der Waals surface area contributed by atoms with Gasteiger partial charge in [0.1, 0.15) is 6.61 Å². The third kappa shape index (κ3) is 6.97. The van der Waals surface area contributed by atoms with E-state index in [9.17, 15) is 10.4 Å². The highest BCUT2D eigenvalue weighted by Crippen LogP contribution is 2.36. The fourth-order valence-electron chi connectivity index (χ4n) is 4.01. The van der Waals surface area contributed by atoms with Crippen LogP contribution in [0, 0.1) is 22.7 Å². The van der Waals surface area contributed by atoms with Crippen LogP contribution in [0.5, 0.6) is 23.0 Å². The zero-order chi connectivity index (χ0) is 29.0.